The van der Waals surface area contributed by atoms with Crippen molar-refractivity contribution in [2.24, 2.45) is 0 Å². The van der Waals surface area contributed by atoms with Crippen LogP contribution in [0, 0.1) is 0 Å². The first-order valence-electron chi connectivity index (χ1n) is 7.51. The molecule has 5 nitrogen and oxygen atoms in total. The lowest BCUT2D eigenvalue weighted by molar-refractivity contribution is 0.0336. The number of rotatable bonds is 6. The number of hydrogen-bond donors (Lipinski definition) is 0. The third-order valence-electron chi connectivity index (χ3n) is 3.71. The average molecular weight is 345 g/mol. The number of ether oxygens (including phenoxy) is 2. The summed E-state index contributed by atoms with van der Waals surface area (Å²) in [5, 5.41) is 2.05. The van der Waals surface area contributed by atoms with Gasteiger partial charge in [0.1, 0.15) is 6.73 Å². The maximum absolute atomic E-state index is 12.8. The molecule has 24 heavy (non-hydrogen) atoms. The summed E-state index contributed by atoms with van der Waals surface area (Å²) < 4.78 is 12.1. The third kappa shape index (κ3) is 3.48. The fourth-order valence-electron chi connectivity index (χ4n) is 2.48. The molecule has 0 spiro atoms. The van der Waals surface area contributed by atoms with Crippen molar-refractivity contribution in [2.45, 2.75) is 6.73 Å². The molecule has 0 aliphatic rings. The quantitative estimate of drug-likeness (QED) is 0.644. The highest BCUT2D eigenvalue weighted by atomic mass is 35.5. The first-order chi connectivity index (χ1) is 11.7. The van der Waals surface area contributed by atoms with Gasteiger partial charge in [-0.3, -0.25) is 14.3 Å². The van der Waals surface area contributed by atoms with Crippen LogP contribution in [0.15, 0.2) is 53.6 Å². The van der Waals surface area contributed by atoms with Crippen LogP contribution in [0.4, 0.5) is 0 Å². The zero-order chi connectivity index (χ0) is 16.9. The summed E-state index contributed by atoms with van der Waals surface area (Å²) >= 11 is 5.97. The lowest BCUT2D eigenvalue weighted by Crippen LogP contribution is -2.24. The molecule has 0 unspecified atom stereocenters. The van der Waals surface area contributed by atoms with E-state index in [0.29, 0.717) is 23.6 Å². The molecule has 0 N–H and O–H groups in total. The van der Waals surface area contributed by atoms with Crippen LogP contribution in [-0.2, 0) is 16.2 Å². The first kappa shape index (κ1) is 16.6. The molecule has 0 radical (unpaired) electrons. The van der Waals surface area contributed by atoms with Crippen molar-refractivity contribution in [3.8, 4) is 11.3 Å². The molecule has 0 aliphatic heterocycles. The van der Waals surface area contributed by atoms with Crippen LogP contribution < -0.4 is 5.56 Å². The molecule has 2 aromatic heterocycles. The minimum atomic E-state index is -0.136. The van der Waals surface area contributed by atoms with Gasteiger partial charge < -0.3 is 9.47 Å². The maximum Gasteiger partial charge on any atom is 0.262 e. The second-order valence-corrected chi connectivity index (χ2v) is 5.70. The molecular formula is C18H17ClN2O3. The molecule has 3 rings (SSSR count). The molecule has 0 aliphatic carbocycles. The van der Waals surface area contributed by atoms with Gasteiger partial charge in [-0.2, -0.15) is 0 Å². The second-order valence-electron chi connectivity index (χ2n) is 5.26. The fourth-order valence-corrected chi connectivity index (χ4v) is 2.60. The Morgan fingerprint density at radius 3 is 2.71 bits per heavy atom. The Balaban J connectivity index is 2.10. The van der Waals surface area contributed by atoms with Crippen molar-refractivity contribution >= 4 is 22.4 Å². The zero-order valence-electron chi connectivity index (χ0n) is 13.2. The van der Waals surface area contributed by atoms with Gasteiger partial charge in [-0.25, -0.2) is 0 Å². The highest BCUT2D eigenvalue weighted by molar-refractivity contribution is 6.30. The molecule has 3 aromatic rings. The Morgan fingerprint density at radius 1 is 1.17 bits per heavy atom. The molecule has 124 valence electrons. The van der Waals surface area contributed by atoms with Gasteiger partial charge in [-0.05, 0) is 35.2 Å². The molecule has 1 aromatic carbocycles. The van der Waals surface area contributed by atoms with Crippen LogP contribution in [-0.4, -0.2) is 29.9 Å². The van der Waals surface area contributed by atoms with E-state index in [4.69, 9.17) is 21.1 Å². The van der Waals surface area contributed by atoms with Crippen molar-refractivity contribution in [3.05, 3.63) is 64.2 Å². The summed E-state index contributed by atoms with van der Waals surface area (Å²) in [6, 6.07) is 11.2. The van der Waals surface area contributed by atoms with Gasteiger partial charge in [0.05, 0.1) is 24.3 Å². The van der Waals surface area contributed by atoms with E-state index >= 15 is 0 Å². The van der Waals surface area contributed by atoms with Crippen LogP contribution in [0.5, 0.6) is 0 Å². The van der Waals surface area contributed by atoms with Crippen molar-refractivity contribution < 1.29 is 9.47 Å². The van der Waals surface area contributed by atoms with Crippen molar-refractivity contribution in [1.82, 2.24) is 9.55 Å². The molecule has 0 bridgehead atoms. The molecule has 0 amide bonds. The fraction of sp³-hybridized carbons (Fsp3) is 0.222. The van der Waals surface area contributed by atoms with E-state index in [0.717, 1.165) is 16.6 Å². The lowest BCUT2D eigenvalue weighted by Gasteiger charge is -2.15. The van der Waals surface area contributed by atoms with Crippen LogP contribution in [0.3, 0.4) is 0 Å². The number of pyridine rings is 2. The number of nitrogens with zero attached hydrogens (tertiary/aromatic N) is 2. The molecule has 0 saturated carbocycles. The standard InChI is InChI=1S/C18H17ClN2O3/c1-23-8-9-24-12-21-17(13-2-4-15(19)5-3-13)10-14-6-7-20-11-16(14)18(21)22/h2-7,10-11H,8-9,12H2,1H3. The van der Waals surface area contributed by atoms with Crippen molar-refractivity contribution in [3.63, 3.8) is 0 Å². The summed E-state index contributed by atoms with van der Waals surface area (Å²) in [5.41, 5.74) is 1.53. The number of fused-ring (bicyclic) bond motifs is 1. The topological polar surface area (TPSA) is 53.4 Å². The highest BCUT2D eigenvalue weighted by Crippen LogP contribution is 2.23. The van der Waals surface area contributed by atoms with Crippen LogP contribution in [0.2, 0.25) is 5.02 Å². The van der Waals surface area contributed by atoms with Gasteiger partial charge >= 0.3 is 0 Å². The number of hydrogen-bond acceptors (Lipinski definition) is 4. The van der Waals surface area contributed by atoms with Crippen molar-refractivity contribution in [1.29, 1.82) is 0 Å². The number of aromatic nitrogens is 2. The van der Waals surface area contributed by atoms with E-state index in [-0.39, 0.29) is 12.3 Å². The molecule has 0 fully saturated rings. The van der Waals surface area contributed by atoms with Gasteiger partial charge in [-0.15, -0.1) is 0 Å². The van der Waals surface area contributed by atoms with Gasteiger partial charge in [0.25, 0.3) is 5.56 Å². The summed E-state index contributed by atoms with van der Waals surface area (Å²) in [6.45, 7) is 1.03. The number of benzene rings is 1. The third-order valence-corrected chi connectivity index (χ3v) is 3.96. The average Bonchev–Trinajstić information content (AvgIpc) is 2.61. The highest BCUT2D eigenvalue weighted by Gasteiger charge is 2.11. The smallest absolute Gasteiger partial charge is 0.262 e. The van der Waals surface area contributed by atoms with Crippen molar-refractivity contribution in [2.75, 3.05) is 20.3 Å². The summed E-state index contributed by atoms with van der Waals surface area (Å²) in [4.78, 5) is 16.9. The number of methoxy groups -OCH3 is 1. The molecular weight excluding hydrogens is 328 g/mol. The minimum absolute atomic E-state index is 0.136. The Morgan fingerprint density at radius 2 is 1.96 bits per heavy atom. The summed E-state index contributed by atoms with van der Waals surface area (Å²) in [7, 11) is 1.61. The molecule has 0 atom stereocenters. The van der Waals surface area contributed by atoms with Gasteiger partial charge in [-0.1, -0.05) is 23.7 Å². The normalized spacial score (nSPS) is 11.1. The Kier molecular flexibility index (Phi) is 5.25. The lowest BCUT2D eigenvalue weighted by atomic mass is 10.1. The molecule has 0 saturated heterocycles. The monoisotopic (exact) mass is 344 g/mol. The van der Waals surface area contributed by atoms with Gasteiger partial charge in [0.15, 0.2) is 0 Å². The van der Waals surface area contributed by atoms with E-state index < -0.39 is 0 Å². The number of halogens is 1. The maximum atomic E-state index is 12.8. The Labute approximate surface area is 144 Å². The summed E-state index contributed by atoms with van der Waals surface area (Å²) in [6.07, 6.45) is 3.25. The van der Waals surface area contributed by atoms with Crippen LogP contribution in [0.1, 0.15) is 0 Å². The summed E-state index contributed by atoms with van der Waals surface area (Å²) in [5.74, 6) is 0. The van der Waals surface area contributed by atoms with E-state index in [2.05, 4.69) is 4.98 Å². The van der Waals surface area contributed by atoms with Gasteiger partial charge in [0.2, 0.25) is 0 Å². The largest absolute Gasteiger partial charge is 0.382 e. The van der Waals surface area contributed by atoms with Gasteiger partial charge in [0, 0.05) is 24.5 Å². The molecule has 2 heterocycles. The van der Waals surface area contributed by atoms with E-state index in [1.807, 2.05) is 24.3 Å². The van der Waals surface area contributed by atoms with E-state index in [1.54, 1.807) is 36.2 Å². The van der Waals surface area contributed by atoms with Crippen LogP contribution in [0.25, 0.3) is 22.0 Å². The predicted octanol–water partition coefficient (Wildman–Crippen LogP) is 3.34. The van der Waals surface area contributed by atoms with E-state index in [1.165, 1.54) is 0 Å². The Bertz CT molecular complexity index is 891. The van der Waals surface area contributed by atoms with E-state index in [9.17, 15) is 4.79 Å². The predicted molar refractivity (Wildman–Crippen MR) is 94.3 cm³/mol. The SMILES string of the molecule is COCCOCn1c(-c2ccc(Cl)cc2)cc2ccncc2c1=O. The first-order valence-corrected chi connectivity index (χ1v) is 7.88. The second kappa shape index (κ2) is 7.57. The Hall–Kier alpha value is -2.21. The van der Waals surface area contributed by atoms with Crippen LogP contribution >= 0.6 is 11.6 Å². The minimum Gasteiger partial charge on any atom is -0.382 e. The molecule has 6 heteroatoms. The zero-order valence-corrected chi connectivity index (χ0v) is 14.0.